The zero-order valence-corrected chi connectivity index (χ0v) is 16.0. The topological polar surface area (TPSA) is 22.0 Å². The molecule has 0 fully saturated rings. The Kier molecular flexibility index (Phi) is 8.51. The normalized spacial score (nSPS) is 11.6. The maximum Gasteiger partial charge on any atom is 0.190 e. The number of aryl methyl sites for hydroxylation is 1. The van der Waals surface area contributed by atoms with Gasteiger partial charge in [0, 0.05) is 23.7 Å². The van der Waals surface area contributed by atoms with Gasteiger partial charge in [-0.05, 0) is 38.0 Å². The Hall–Kier alpha value is -1.83. The summed E-state index contributed by atoms with van der Waals surface area (Å²) < 4.78 is 2.22. The lowest BCUT2D eigenvalue weighted by atomic mass is 10.1. The van der Waals surface area contributed by atoms with Gasteiger partial charge in [0.15, 0.2) is 5.43 Å². The highest BCUT2D eigenvalue weighted by molar-refractivity contribution is 5.80. The Morgan fingerprint density at radius 3 is 2.32 bits per heavy atom. The van der Waals surface area contributed by atoms with Crippen LogP contribution in [0.3, 0.4) is 0 Å². The summed E-state index contributed by atoms with van der Waals surface area (Å²) in [7, 11) is 0. The molecule has 25 heavy (non-hydrogen) atoms. The molecule has 2 rings (SSSR count). The molecule has 136 valence electrons. The number of unbranched alkanes of at least 4 members (excludes halogenated alkanes) is 8. The van der Waals surface area contributed by atoms with Crippen LogP contribution < -0.4 is 5.43 Å². The second-order valence-corrected chi connectivity index (χ2v) is 6.86. The minimum atomic E-state index is 0.118. The maximum absolute atomic E-state index is 12.3. The van der Waals surface area contributed by atoms with Gasteiger partial charge in [-0.15, -0.1) is 0 Å². The van der Waals surface area contributed by atoms with Crippen molar-refractivity contribution in [1.29, 1.82) is 0 Å². The number of rotatable bonds is 11. The molecule has 0 saturated carbocycles. The van der Waals surface area contributed by atoms with Gasteiger partial charge in [-0.3, -0.25) is 4.79 Å². The maximum atomic E-state index is 12.3. The largest absolute Gasteiger partial charge is 0.341 e. The van der Waals surface area contributed by atoms with Crippen LogP contribution in [-0.2, 0) is 6.54 Å². The minimum absolute atomic E-state index is 0.118. The molecule has 0 saturated heterocycles. The van der Waals surface area contributed by atoms with Crippen molar-refractivity contribution in [3.05, 3.63) is 52.3 Å². The van der Waals surface area contributed by atoms with Crippen molar-refractivity contribution in [3.63, 3.8) is 0 Å². The minimum Gasteiger partial charge on any atom is -0.341 e. The highest BCUT2D eigenvalue weighted by atomic mass is 16.1. The predicted molar refractivity (Wildman–Crippen MR) is 110 cm³/mol. The molecule has 0 spiro atoms. The highest BCUT2D eigenvalue weighted by Crippen LogP contribution is 2.15. The van der Waals surface area contributed by atoms with Crippen LogP contribution >= 0.6 is 0 Å². The van der Waals surface area contributed by atoms with Crippen LogP contribution in [0.5, 0.6) is 0 Å². The van der Waals surface area contributed by atoms with E-state index in [9.17, 15) is 4.79 Å². The van der Waals surface area contributed by atoms with Crippen molar-refractivity contribution in [1.82, 2.24) is 4.57 Å². The molecule has 0 unspecified atom stereocenters. The summed E-state index contributed by atoms with van der Waals surface area (Å²) in [4.78, 5) is 12.3. The monoisotopic (exact) mass is 339 g/mol. The first kappa shape index (κ1) is 19.5. The van der Waals surface area contributed by atoms with Crippen molar-refractivity contribution in [2.75, 3.05) is 0 Å². The zero-order chi connectivity index (χ0) is 17.9. The molecule has 2 heteroatoms. The van der Waals surface area contributed by atoms with Crippen molar-refractivity contribution < 1.29 is 0 Å². The van der Waals surface area contributed by atoms with Crippen LogP contribution in [0.15, 0.2) is 41.2 Å². The Morgan fingerprint density at radius 2 is 1.60 bits per heavy atom. The Balaban J connectivity index is 1.86. The van der Waals surface area contributed by atoms with Gasteiger partial charge in [0.2, 0.25) is 0 Å². The Morgan fingerprint density at radius 1 is 0.920 bits per heavy atom. The van der Waals surface area contributed by atoms with Gasteiger partial charge in [-0.2, -0.15) is 0 Å². The number of hydrogen-bond donors (Lipinski definition) is 0. The SMILES string of the molecule is CCCCCCCCCC/C=C/c1cc(=O)c2ccccc2n1CC. The molecule has 0 aliphatic heterocycles. The molecule has 0 atom stereocenters. The molecular formula is C23H33NO. The van der Waals surface area contributed by atoms with Gasteiger partial charge in [0.05, 0.1) is 5.52 Å². The van der Waals surface area contributed by atoms with Gasteiger partial charge in [0.1, 0.15) is 0 Å². The van der Waals surface area contributed by atoms with E-state index in [0.29, 0.717) is 0 Å². The standard InChI is InChI=1S/C23H33NO/c1-3-5-6-7-8-9-10-11-12-13-16-20-19-23(25)21-17-14-15-18-22(21)24(20)4-2/h13-19H,3-12H2,1-2H3/b16-13+. The summed E-state index contributed by atoms with van der Waals surface area (Å²) in [6, 6.07) is 9.66. The Labute approximate surface area is 152 Å². The summed E-state index contributed by atoms with van der Waals surface area (Å²) in [5, 5.41) is 0.810. The van der Waals surface area contributed by atoms with Gasteiger partial charge in [-0.25, -0.2) is 0 Å². The third-order valence-corrected chi connectivity index (χ3v) is 4.88. The van der Waals surface area contributed by atoms with Gasteiger partial charge < -0.3 is 4.57 Å². The van der Waals surface area contributed by atoms with E-state index in [1.165, 1.54) is 51.4 Å². The van der Waals surface area contributed by atoms with Crippen LogP contribution in [0.4, 0.5) is 0 Å². The van der Waals surface area contributed by atoms with Gasteiger partial charge in [0.25, 0.3) is 0 Å². The predicted octanol–water partition coefficient (Wildman–Crippen LogP) is 6.57. The smallest absolute Gasteiger partial charge is 0.190 e. The summed E-state index contributed by atoms with van der Waals surface area (Å²) in [6.45, 7) is 5.27. The summed E-state index contributed by atoms with van der Waals surface area (Å²) in [6.07, 6.45) is 16.2. The third-order valence-electron chi connectivity index (χ3n) is 4.88. The van der Waals surface area contributed by atoms with E-state index in [-0.39, 0.29) is 5.43 Å². The number of benzene rings is 1. The summed E-state index contributed by atoms with van der Waals surface area (Å²) in [5.41, 5.74) is 2.17. The van der Waals surface area contributed by atoms with E-state index in [1.807, 2.05) is 24.3 Å². The zero-order valence-electron chi connectivity index (χ0n) is 16.0. The molecule has 0 aliphatic rings. The van der Waals surface area contributed by atoms with Gasteiger partial charge >= 0.3 is 0 Å². The quantitative estimate of drug-likeness (QED) is 0.425. The van der Waals surface area contributed by atoms with Crippen LogP contribution in [0, 0.1) is 0 Å². The second kappa shape index (κ2) is 10.9. The lowest BCUT2D eigenvalue weighted by molar-refractivity contribution is 0.578. The molecule has 0 bridgehead atoms. The van der Waals surface area contributed by atoms with E-state index in [1.54, 1.807) is 6.07 Å². The van der Waals surface area contributed by atoms with E-state index in [4.69, 9.17) is 0 Å². The number of fused-ring (bicyclic) bond motifs is 1. The van der Waals surface area contributed by atoms with E-state index in [0.717, 1.165) is 29.6 Å². The fourth-order valence-electron chi connectivity index (χ4n) is 3.44. The number of pyridine rings is 1. The third kappa shape index (κ3) is 5.88. The average Bonchev–Trinajstić information content (AvgIpc) is 2.63. The number of hydrogen-bond acceptors (Lipinski definition) is 1. The van der Waals surface area contributed by atoms with E-state index < -0.39 is 0 Å². The average molecular weight is 340 g/mol. The first-order valence-corrected chi connectivity index (χ1v) is 10.1. The molecule has 0 radical (unpaired) electrons. The highest BCUT2D eigenvalue weighted by Gasteiger charge is 2.05. The molecule has 1 heterocycles. The first-order chi connectivity index (χ1) is 12.3. The fraction of sp³-hybridized carbons (Fsp3) is 0.522. The van der Waals surface area contributed by atoms with Crippen LogP contribution in [0.1, 0.15) is 77.3 Å². The molecule has 2 nitrogen and oxygen atoms in total. The van der Waals surface area contributed by atoms with Crippen LogP contribution in [-0.4, -0.2) is 4.57 Å². The van der Waals surface area contributed by atoms with Crippen molar-refractivity contribution >= 4 is 17.0 Å². The van der Waals surface area contributed by atoms with Crippen molar-refractivity contribution in [3.8, 4) is 0 Å². The molecule has 0 N–H and O–H groups in total. The number of para-hydroxylation sites is 1. The lowest BCUT2D eigenvalue weighted by Crippen LogP contribution is -2.11. The summed E-state index contributed by atoms with van der Waals surface area (Å²) >= 11 is 0. The molecule has 2 aromatic rings. The fourth-order valence-corrected chi connectivity index (χ4v) is 3.44. The molecule has 1 aromatic heterocycles. The van der Waals surface area contributed by atoms with Crippen molar-refractivity contribution in [2.45, 2.75) is 78.2 Å². The first-order valence-electron chi connectivity index (χ1n) is 10.1. The lowest BCUT2D eigenvalue weighted by Gasteiger charge is -2.12. The van der Waals surface area contributed by atoms with Crippen molar-refractivity contribution in [2.24, 2.45) is 0 Å². The molecule has 0 aliphatic carbocycles. The van der Waals surface area contributed by atoms with E-state index in [2.05, 4.69) is 30.6 Å². The number of nitrogens with zero attached hydrogens (tertiary/aromatic N) is 1. The van der Waals surface area contributed by atoms with E-state index >= 15 is 0 Å². The second-order valence-electron chi connectivity index (χ2n) is 6.86. The molecule has 0 amide bonds. The molecular weight excluding hydrogens is 306 g/mol. The van der Waals surface area contributed by atoms with Gasteiger partial charge in [-0.1, -0.05) is 70.1 Å². The van der Waals surface area contributed by atoms with Crippen LogP contribution in [0.25, 0.3) is 17.0 Å². The Bertz CT molecular complexity index is 726. The molecule has 1 aromatic carbocycles. The number of aromatic nitrogens is 1. The van der Waals surface area contributed by atoms with Crippen LogP contribution in [0.2, 0.25) is 0 Å². The summed E-state index contributed by atoms with van der Waals surface area (Å²) in [5.74, 6) is 0. The number of allylic oxidation sites excluding steroid dienone is 1.